The highest BCUT2D eigenvalue weighted by molar-refractivity contribution is 5.82. The van der Waals surface area contributed by atoms with Crippen LogP contribution in [0.1, 0.15) is 51.4 Å². The Kier molecular flexibility index (Phi) is 3.81. The van der Waals surface area contributed by atoms with Crippen LogP contribution in [0, 0.1) is 5.41 Å². The molecule has 1 aliphatic carbocycles. The minimum atomic E-state index is -0.344. The number of aliphatic hydroxyl groups excluding tert-OH is 1. The second kappa shape index (κ2) is 5.41. The van der Waals surface area contributed by atoms with E-state index in [1.54, 1.807) is 0 Å². The maximum atomic E-state index is 12.4. The molecule has 1 saturated carbocycles. The average Bonchev–Trinajstić information content (AvgIpc) is 2.87. The van der Waals surface area contributed by atoms with E-state index >= 15 is 0 Å². The predicted octanol–water partition coefficient (Wildman–Crippen LogP) is 1.28. The molecule has 0 radical (unpaired) electrons. The van der Waals surface area contributed by atoms with Crippen molar-refractivity contribution in [1.29, 1.82) is 0 Å². The smallest absolute Gasteiger partial charge is 0.239 e. The normalized spacial score (nSPS) is 34.7. The zero-order valence-electron chi connectivity index (χ0n) is 11.7. The van der Waals surface area contributed by atoms with Gasteiger partial charge in [0.15, 0.2) is 0 Å². The second-order valence-corrected chi connectivity index (χ2v) is 6.74. The van der Waals surface area contributed by atoms with E-state index < -0.39 is 0 Å². The number of nitrogens with zero attached hydrogens (tertiary/aromatic N) is 1. The van der Waals surface area contributed by atoms with Gasteiger partial charge in [0.05, 0.1) is 12.1 Å². The van der Waals surface area contributed by atoms with Crippen LogP contribution in [-0.2, 0) is 4.79 Å². The Bertz CT molecular complexity index is 329. The predicted molar refractivity (Wildman–Crippen MR) is 73.7 cm³/mol. The van der Waals surface area contributed by atoms with Crippen LogP contribution in [-0.4, -0.2) is 47.7 Å². The summed E-state index contributed by atoms with van der Waals surface area (Å²) in [7, 11) is 0. The number of β-amino-alcohol motifs (C(OH)–C–C–N with tert-alkyl or cyclic N) is 1. The van der Waals surface area contributed by atoms with Crippen LogP contribution in [0.15, 0.2) is 0 Å². The number of hydrogen-bond acceptors (Lipinski definition) is 3. The molecule has 0 aromatic heterocycles. The van der Waals surface area contributed by atoms with Crippen LogP contribution >= 0.6 is 0 Å². The van der Waals surface area contributed by atoms with E-state index in [0.29, 0.717) is 18.4 Å². The fourth-order valence-corrected chi connectivity index (χ4v) is 4.13. The third-order valence-corrected chi connectivity index (χ3v) is 5.46. The third-order valence-electron chi connectivity index (χ3n) is 5.46. The molecule has 3 aliphatic rings. The minimum Gasteiger partial charge on any atom is -0.392 e. The van der Waals surface area contributed by atoms with Crippen molar-refractivity contribution in [3.8, 4) is 0 Å². The van der Waals surface area contributed by atoms with Crippen molar-refractivity contribution in [2.24, 2.45) is 5.41 Å². The zero-order chi connectivity index (χ0) is 13.3. The van der Waals surface area contributed by atoms with Crippen LogP contribution in [0.2, 0.25) is 0 Å². The second-order valence-electron chi connectivity index (χ2n) is 6.74. The van der Waals surface area contributed by atoms with Gasteiger partial charge in [-0.15, -0.1) is 0 Å². The van der Waals surface area contributed by atoms with Gasteiger partial charge in [0.1, 0.15) is 0 Å². The van der Waals surface area contributed by atoms with Crippen LogP contribution in [0.25, 0.3) is 0 Å². The lowest BCUT2D eigenvalue weighted by Crippen LogP contribution is -2.49. The SMILES string of the molecule is O=C([C@H]1C[C@H](O)CN1)N1CCC2(CCCCC2)CC1. The fraction of sp³-hybridized carbons (Fsp3) is 0.933. The quantitative estimate of drug-likeness (QED) is 0.752. The number of piperidine rings is 1. The summed E-state index contributed by atoms with van der Waals surface area (Å²) in [5.74, 6) is 0.210. The van der Waals surface area contributed by atoms with Crippen molar-refractivity contribution < 1.29 is 9.90 Å². The third kappa shape index (κ3) is 2.79. The van der Waals surface area contributed by atoms with E-state index in [1.807, 2.05) is 4.90 Å². The lowest BCUT2D eigenvalue weighted by Gasteiger charge is -2.44. The first kappa shape index (κ1) is 13.4. The van der Waals surface area contributed by atoms with Gasteiger partial charge in [-0.1, -0.05) is 19.3 Å². The van der Waals surface area contributed by atoms with Gasteiger partial charge < -0.3 is 15.3 Å². The minimum absolute atomic E-state index is 0.143. The topological polar surface area (TPSA) is 52.6 Å². The zero-order valence-corrected chi connectivity index (χ0v) is 11.7. The van der Waals surface area contributed by atoms with Crippen LogP contribution in [0.5, 0.6) is 0 Å². The Hall–Kier alpha value is -0.610. The lowest BCUT2D eigenvalue weighted by molar-refractivity contribution is -0.136. The Morgan fingerprint density at radius 2 is 1.79 bits per heavy atom. The van der Waals surface area contributed by atoms with Gasteiger partial charge in [-0.3, -0.25) is 4.79 Å². The Morgan fingerprint density at radius 1 is 1.11 bits per heavy atom. The Morgan fingerprint density at radius 3 is 2.37 bits per heavy atom. The van der Waals surface area contributed by atoms with E-state index in [0.717, 1.165) is 13.1 Å². The monoisotopic (exact) mass is 266 g/mol. The van der Waals surface area contributed by atoms with Crippen molar-refractivity contribution in [2.45, 2.75) is 63.5 Å². The number of nitrogens with one attached hydrogen (secondary N) is 1. The van der Waals surface area contributed by atoms with Gasteiger partial charge in [0, 0.05) is 19.6 Å². The molecular weight excluding hydrogens is 240 g/mol. The van der Waals surface area contributed by atoms with Gasteiger partial charge in [-0.25, -0.2) is 0 Å². The van der Waals surface area contributed by atoms with Gasteiger partial charge in [0.2, 0.25) is 5.91 Å². The van der Waals surface area contributed by atoms with Crippen molar-refractivity contribution in [1.82, 2.24) is 10.2 Å². The molecule has 0 aromatic carbocycles. The number of carbonyl (C=O) groups is 1. The van der Waals surface area contributed by atoms with E-state index in [4.69, 9.17) is 0 Å². The lowest BCUT2D eigenvalue weighted by atomic mass is 9.68. The van der Waals surface area contributed by atoms with Crippen LogP contribution in [0.4, 0.5) is 0 Å². The van der Waals surface area contributed by atoms with Crippen LogP contribution < -0.4 is 5.32 Å². The van der Waals surface area contributed by atoms with E-state index in [9.17, 15) is 9.90 Å². The standard InChI is InChI=1S/C15H26N2O2/c18-12-10-13(16-11-12)14(19)17-8-6-15(7-9-17)4-2-1-3-5-15/h12-13,16,18H,1-11H2/t12-,13+/m0/s1. The van der Waals surface area contributed by atoms with Crippen molar-refractivity contribution in [2.75, 3.05) is 19.6 Å². The molecule has 2 atom stereocenters. The number of carbonyl (C=O) groups excluding carboxylic acids is 1. The molecule has 1 amide bonds. The number of hydrogen-bond donors (Lipinski definition) is 2. The molecule has 0 bridgehead atoms. The first-order valence-electron chi connectivity index (χ1n) is 7.89. The highest BCUT2D eigenvalue weighted by Gasteiger charge is 2.39. The molecule has 108 valence electrons. The molecule has 3 rings (SSSR count). The molecule has 4 heteroatoms. The molecule has 0 unspecified atom stereocenters. The highest BCUT2D eigenvalue weighted by Crippen LogP contribution is 2.44. The number of likely N-dealkylation sites (tertiary alicyclic amines) is 1. The summed E-state index contributed by atoms with van der Waals surface area (Å²) in [5.41, 5.74) is 0.553. The molecule has 0 aromatic rings. The maximum absolute atomic E-state index is 12.4. The summed E-state index contributed by atoms with van der Waals surface area (Å²) in [6.45, 7) is 2.41. The Balaban J connectivity index is 1.53. The van der Waals surface area contributed by atoms with Crippen molar-refractivity contribution in [3.05, 3.63) is 0 Å². The van der Waals surface area contributed by atoms with Gasteiger partial charge in [0.25, 0.3) is 0 Å². The summed E-state index contributed by atoms with van der Waals surface area (Å²) in [6.07, 6.45) is 9.51. The van der Waals surface area contributed by atoms with E-state index in [1.165, 1.54) is 44.9 Å². The number of amides is 1. The molecule has 3 fully saturated rings. The molecule has 1 spiro atoms. The average molecular weight is 266 g/mol. The van der Waals surface area contributed by atoms with E-state index in [-0.39, 0.29) is 18.1 Å². The molecule has 4 nitrogen and oxygen atoms in total. The molecule has 19 heavy (non-hydrogen) atoms. The van der Waals surface area contributed by atoms with Gasteiger partial charge >= 0.3 is 0 Å². The number of aliphatic hydroxyl groups is 1. The highest BCUT2D eigenvalue weighted by atomic mass is 16.3. The van der Waals surface area contributed by atoms with Gasteiger partial charge in [-0.2, -0.15) is 0 Å². The number of rotatable bonds is 1. The molecule has 2 aliphatic heterocycles. The molecule has 2 saturated heterocycles. The summed E-state index contributed by atoms with van der Waals surface area (Å²) in [5, 5.41) is 12.6. The van der Waals surface area contributed by atoms with Crippen molar-refractivity contribution in [3.63, 3.8) is 0 Å². The first-order chi connectivity index (χ1) is 9.19. The van der Waals surface area contributed by atoms with E-state index in [2.05, 4.69) is 5.32 Å². The molecule has 2 N–H and O–H groups in total. The molecular formula is C15H26N2O2. The maximum Gasteiger partial charge on any atom is 0.239 e. The van der Waals surface area contributed by atoms with Crippen LogP contribution in [0.3, 0.4) is 0 Å². The fourth-order valence-electron chi connectivity index (χ4n) is 4.13. The Labute approximate surface area is 115 Å². The molecule has 2 heterocycles. The van der Waals surface area contributed by atoms with Gasteiger partial charge in [-0.05, 0) is 37.5 Å². The first-order valence-corrected chi connectivity index (χ1v) is 7.89. The summed E-state index contributed by atoms with van der Waals surface area (Å²) >= 11 is 0. The van der Waals surface area contributed by atoms with Crippen molar-refractivity contribution >= 4 is 5.91 Å². The summed E-state index contributed by atoms with van der Waals surface area (Å²) < 4.78 is 0. The summed E-state index contributed by atoms with van der Waals surface area (Å²) in [4.78, 5) is 14.4. The largest absolute Gasteiger partial charge is 0.392 e. The summed E-state index contributed by atoms with van der Waals surface area (Å²) in [6, 6.07) is -0.143.